The number of benzene rings is 1. The van der Waals surface area contributed by atoms with Crippen molar-refractivity contribution in [3.05, 3.63) is 35.4 Å². The van der Waals surface area contributed by atoms with E-state index in [2.05, 4.69) is 24.4 Å². The topological polar surface area (TPSA) is 12.0 Å². The number of halogens is 2. The van der Waals surface area contributed by atoms with Gasteiger partial charge >= 0.3 is 0 Å². The van der Waals surface area contributed by atoms with Crippen molar-refractivity contribution in [2.75, 3.05) is 7.05 Å². The van der Waals surface area contributed by atoms with Crippen molar-refractivity contribution in [1.29, 1.82) is 0 Å². The summed E-state index contributed by atoms with van der Waals surface area (Å²) in [4.78, 5) is 0. The van der Waals surface area contributed by atoms with Crippen molar-refractivity contribution in [3.63, 3.8) is 0 Å². The molecule has 1 aliphatic rings. The first-order valence-electron chi connectivity index (χ1n) is 6.69. The molecule has 0 radical (unpaired) electrons. The highest BCUT2D eigenvalue weighted by Gasteiger charge is 2.42. The van der Waals surface area contributed by atoms with Gasteiger partial charge in [0.15, 0.2) is 0 Å². The Morgan fingerprint density at radius 3 is 2.78 bits per heavy atom. The summed E-state index contributed by atoms with van der Waals surface area (Å²) in [7, 11) is 1.86. The molecule has 1 fully saturated rings. The molecule has 100 valence electrons. The zero-order valence-electron chi connectivity index (χ0n) is 11.0. The molecule has 1 saturated carbocycles. The summed E-state index contributed by atoms with van der Waals surface area (Å²) in [6.45, 7) is 2.11. The minimum atomic E-state index is -2.47. The highest BCUT2D eigenvalue weighted by molar-refractivity contribution is 5.27. The van der Waals surface area contributed by atoms with E-state index in [0.29, 0.717) is 6.42 Å². The maximum atomic E-state index is 13.3. The molecule has 2 rings (SSSR count). The molecule has 1 aromatic carbocycles. The molecule has 0 bridgehead atoms. The van der Waals surface area contributed by atoms with Gasteiger partial charge < -0.3 is 5.32 Å². The number of hydrogen-bond acceptors (Lipinski definition) is 1. The predicted molar refractivity (Wildman–Crippen MR) is 69.9 cm³/mol. The molecule has 2 atom stereocenters. The lowest BCUT2D eigenvalue weighted by molar-refractivity contribution is 0.00340. The van der Waals surface area contributed by atoms with Gasteiger partial charge in [0.25, 0.3) is 0 Å². The molecule has 1 nitrogen and oxygen atoms in total. The van der Waals surface area contributed by atoms with Crippen molar-refractivity contribution in [2.45, 2.75) is 44.6 Å². The lowest BCUT2D eigenvalue weighted by Crippen LogP contribution is -2.25. The maximum absolute atomic E-state index is 13.3. The largest absolute Gasteiger partial charge is 0.313 e. The highest BCUT2D eigenvalue weighted by Crippen LogP contribution is 2.44. The summed E-state index contributed by atoms with van der Waals surface area (Å²) < 4.78 is 26.6. The molecule has 1 aromatic rings. The van der Waals surface area contributed by atoms with Crippen LogP contribution in [0.15, 0.2) is 24.3 Å². The van der Waals surface area contributed by atoms with Crippen LogP contribution in [0.25, 0.3) is 0 Å². The van der Waals surface area contributed by atoms with Gasteiger partial charge in [-0.1, -0.05) is 31.2 Å². The lowest BCUT2D eigenvalue weighted by Gasteiger charge is -2.24. The van der Waals surface area contributed by atoms with Crippen LogP contribution in [0.1, 0.15) is 43.4 Å². The van der Waals surface area contributed by atoms with Crippen LogP contribution in [0, 0.1) is 5.92 Å². The fourth-order valence-electron chi connectivity index (χ4n) is 2.95. The van der Waals surface area contributed by atoms with Gasteiger partial charge in [0, 0.05) is 18.9 Å². The number of alkyl halides is 2. The van der Waals surface area contributed by atoms with E-state index in [0.717, 1.165) is 12.0 Å². The predicted octanol–water partition coefficient (Wildman–Crippen LogP) is 3.94. The summed E-state index contributed by atoms with van der Waals surface area (Å²) in [5.74, 6) is -2.43. The van der Waals surface area contributed by atoms with Crippen molar-refractivity contribution in [1.82, 2.24) is 5.32 Å². The maximum Gasteiger partial charge on any atom is 0.248 e. The zero-order chi connectivity index (χ0) is 13.2. The molecule has 0 heterocycles. The van der Waals surface area contributed by atoms with Gasteiger partial charge in [-0.2, -0.15) is 0 Å². The summed E-state index contributed by atoms with van der Waals surface area (Å²) in [6, 6.07) is 8.32. The van der Waals surface area contributed by atoms with E-state index in [-0.39, 0.29) is 24.8 Å². The van der Waals surface area contributed by atoms with Crippen LogP contribution in [0.5, 0.6) is 0 Å². The zero-order valence-corrected chi connectivity index (χ0v) is 11.0. The third-order valence-electron chi connectivity index (χ3n) is 3.94. The average Bonchev–Trinajstić information content (AvgIpc) is 2.71. The van der Waals surface area contributed by atoms with E-state index in [1.807, 2.05) is 19.2 Å². The van der Waals surface area contributed by atoms with Crippen molar-refractivity contribution in [2.24, 2.45) is 5.92 Å². The second-order valence-corrected chi connectivity index (χ2v) is 5.22. The molecule has 3 heteroatoms. The van der Waals surface area contributed by atoms with Gasteiger partial charge in [-0.3, -0.25) is 0 Å². The Morgan fingerprint density at radius 1 is 1.44 bits per heavy atom. The van der Waals surface area contributed by atoms with Crippen LogP contribution >= 0.6 is 0 Å². The Labute approximate surface area is 108 Å². The smallest absolute Gasteiger partial charge is 0.248 e. The van der Waals surface area contributed by atoms with Gasteiger partial charge in [-0.25, -0.2) is 8.78 Å². The Hall–Kier alpha value is -0.960. The molecule has 0 saturated heterocycles. The number of rotatable bonds is 4. The fourth-order valence-corrected chi connectivity index (χ4v) is 2.95. The Balaban J connectivity index is 2.18. The first-order chi connectivity index (χ1) is 8.55. The summed E-state index contributed by atoms with van der Waals surface area (Å²) >= 11 is 0. The van der Waals surface area contributed by atoms with Crippen LogP contribution in [0.4, 0.5) is 8.78 Å². The normalized spacial score (nSPS) is 24.1. The fraction of sp³-hybridized carbons (Fsp3) is 0.600. The van der Waals surface area contributed by atoms with E-state index >= 15 is 0 Å². The second kappa shape index (κ2) is 5.35. The highest BCUT2D eigenvalue weighted by atomic mass is 19.3. The molecule has 18 heavy (non-hydrogen) atoms. The number of hydrogen-bond donors (Lipinski definition) is 1. The Kier molecular flexibility index (Phi) is 4.00. The first kappa shape index (κ1) is 13.5. The minimum Gasteiger partial charge on any atom is -0.313 e. The average molecular weight is 253 g/mol. The standard InChI is InChI=1S/C15H21F2N/c1-3-11-5-4-6-12(9-11)14(18-2)13-7-8-15(16,17)10-13/h4-6,9,13-14,18H,3,7-8,10H2,1-2H3. The van der Waals surface area contributed by atoms with Crippen molar-refractivity contribution < 1.29 is 8.78 Å². The lowest BCUT2D eigenvalue weighted by atomic mass is 9.90. The van der Waals surface area contributed by atoms with Crippen LogP contribution in [-0.4, -0.2) is 13.0 Å². The molecule has 2 unspecified atom stereocenters. The molecule has 1 aliphatic carbocycles. The van der Waals surface area contributed by atoms with Crippen LogP contribution in [0.3, 0.4) is 0 Å². The van der Waals surface area contributed by atoms with Gasteiger partial charge in [-0.15, -0.1) is 0 Å². The van der Waals surface area contributed by atoms with E-state index in [1.165, 1.54) is 5.56 Å². The van der Waals surface area contributed by atoms with E-state index in [9.17, 15) is 8.78 Å². The van der Waals surface area contributed by atoms with Gasteiger partial charge in [-0.05, 0) is 36.9 Å². The van der Waals surface area contributed by atoms with E-state index in [1.54, 1.807) is 0 Å². The third kappa shape index (κ3) is 2.89. The SMILES string of the molecule is CCc1cccc(C(NC)C2CCC(F)(F)C2)c1. The molecule has 0 aliphatic heterocycles. The quantitative estimate of drug-likeness (QED) is 0.857. The van der Waals surface area contributed by atoms with Gasteiger partial charge in [0.05, 0.1) is 0 Å². The van der Waals surface area contributed by atoms with Crippen molar-refractivity contribution in [3.8, 4) is 0 Å². The minimum absolute atomic E-state index is 0.00879. The Morgan fingerprint density at radius 2 is 2.22 bits per heavy atom. The second-order valence-electron chi connectivity index (χ2n) is 5.22. The molecule has 1 N–H and O–H groups in total. The summed E-state index contributed by atoms with van der Waals surface area (Å²) in [5, 5.41) is 3.22. The number of aryl methyl sites for hydroxylation is 1. The Bertz CT molecular complexity index is 403. The van der Waals surface area contributed by atoms with Gasteiger partial charge in [0.2, 0.25) is 5.92 Å². The number of nitrogens with one attached hydrogen (secondary N) is 1. The molecule has 0 spiro atoms. The molecular weight excluding hydrogens is 232 g/mol. The summed E-state index contributed by atoms with van der Waals surface area (Å²) in [6.07, 6.45) is 1.62. The van der Waals surface area contributed by atoms with Crippen LogP contribution in [-0.2, 0) is 6.42 Å². The first-order valence-corrected chi connectivity index (χ1v) is 6.69. The summed E-state index contributed by atoms with van der Waals surface area (Å²) in [5.41, 5.74) is 2.40. The van der Waals surface area contributed by atoms with Crippen LogP contribution in [0.2, 0.25) is 0 Å². The monoisotopic (exact) mass is 253 g/mol. The van der Waals surface area contributed by atoms with Gasteiger partial charge in [0.1, 0.15) is 0 Å². The molecular formula is C15H21F2N. The van der Waals surface area contributed by atoms with E-state index < -0.39 is 5.92 Å². The van der Waals surface area contributed by atoms with Crippen molar-refractivity contribution >= 4 is 0 Å². The van der Waals surface area contributed by atoms with E-state index in [4.69, 9.17) is 0 Å². The molecule has 0 aromatic heterocycles. The molecule has 0 amide bonds. The van der Waals surface area contributed by atoms with Crippen LogP contribution < -0.4 is 5.32 Å². The third-order valence-corrected chi connectivity index (χ3v) is 3.94.